The first-order chi connectivity index (χ1) is 16.4. The fourth-order valence-electron chi connectivity index (χ4n) is 6.35. The summed E-state index contributed by atoms with van der Waals surface area (Å²) in [4.78, 5) is 52.6. The van der Waals surface area contributed by atoms with Crippen LogP contribution in [-0.4, -0.2) is 33.6 Å². The van der Waals surface area contributed by atoms with Crippen molar-refractivity contribution in [3.05, 3.63) is 82.4 Å². The molecule has 5 aliphatic rings. The normalized spacial score (nSPS) is 31.1. The molecule has 8 heteroatoms. The lowest BCUT2D eigenvalue weighted by Gasteiger charge is -2.37. The second kappa shape index (κ2) is 7.62. The number of imide groups is 1. The molecule has 2 bridgehead atoms. The van der Waals surface area contributed by atoms with Gasteiger partial charge in [-0.05, 0) is 41.7 Å². The summed E-state index contributed by atoms with van der Waals surface area (Å²) in [5, 5.41) is 13.8. The predicted octanol–water partition coefficient (Wildman–Crippen LogP) is 3.20. The Morgan fingerprint density at radius 3 is 2.26 bits per heavy atom. The third kappa shape index (κ3) is 3.16. The molecule has 0 aromatic heterocycles. The van der Waals surface area contributed by atoms with Crippen LogP contribution in [0.3, 0.4) is 0 Å². The number of anilines is 1. The third-order valence-electron chi connectivity index (χ3n) is 7.91. The highest BCUT2D eigenvalue weighted by atomic mass is 16.6. The number of carbonyl (C=O) groups is 3. The van der Waals surface area contributed by atoms with Crippen molar-refractivity contribution in [1.82, 2.24) is 4.90 Å². The minimum atomic E-state index is -1.04. The molecular formula is C26H23N3O5. The average molecular weight is 457 g/mol. The summed E-state index contributed by atoms with van der Waals surface area (Å²) in [7, 11) is 0. The van der Waals surface area contributed by atoms with Crippen molar-refractivity contribution in [2.75, 3.05) is 5.32 Å². The van der Waals surface area contributed by atoms with E-state index in [2.05, 4.69) is 17.5 Å². The maximum absolute atomic E-state index is 13.6. The maximum atomic E-state index is 13.6. The number of rotatable bonds is 6. The van der Waals surface area contributed by atoms with Crippen molar-refractivity contribution in [1.29, 1.82) is 0 Å². The Labute approximate surface area is 195 Å². The van der Waals surface area contributed by atoms with Crippen LogP contribution in [0.5, 0.6) is 0 Å². The third-order valence-corrected chi connectivity index (χ3v) is 7.91. The number of hydrogen-bond acceptors (Lipinski definition) is 5. The van der Waals surface area contributed by atoms with Crippen molar-refractivity contribution in [3.8, 4) is 0 Å². The van der Waals surface area contributed by atoms with Gasteiger partial charge in [0.15, 0.2) is 0 Å². The largest absolute Gasteiger partial charge is 0.324 e. The number of non-ortho nitro benzene ring substituents is 1. The monoisotopic (exact) mass is 457 g/mol. The zero-order valence-corrected chi connectivity index (χ0v) is 18.2. The second-order valence-electron chi connectivity index (χ2n) is 9.70. The van der Waals surface area contributed by atoms with Crippen LogP contribution in [0, 0.1) is 45.6 Å². The number of carbonyl (C=O) groups excluding carboxylic acids is 3. The standard InChI is InChI=1S/C26H23N3O5/c30-24(27-15-7-4-8-16(12-15)29(33)34)21(11-14-5-2-1-3-6-14)28-25(31)22-17-9-10-18(20-13-19(17)20)23(22)26(28)32/h1-10,12,17-23H,11,13H2,(H,27,30)/t17-,18-,19-,20-,21+,22+,23+/m1/s1. The fourth-order valence-corrected chi connectivity index (χ4v) is 6.35. The van der Waals surface area contributed by atoms with Crippen LogP contribution in [0.1, 0.15) is 12.0 Å². The molecule has 172 valence electrons. The first-order valence-electron chi connectivity index (χ1n) is 11.6. The second-order valence-corrected chi connectivity index (χ2v) is 9.70. The maximum Gasteiger partial charge on any atom is 0.271 e. The molecule has 7 atom stereocenters. The van der Waals surface area contributed by atoms with Gasteiger partial charge in [0.25, 0.3) is 5.69 Å². The molecule has 3 fully saturated rings. The molecular weight excluding hydrogens is 434 g/mol. The molecule has 2 saturated carbocycles. The van der Waals surface area contributed by atoms with E-state index in [1.54, 1.807) is 6.07 Å². The van der Waals surface area contributed by atoms with E-state index in [0.29, 0.717) is 11.8 Å². The molecule has 0 radical (unpaired) electrons. The Balaban J connectivity index is 1.32. The van der Waals surface area contributed by atoms with Crippen LogP contribution < -0.4 is 5.32 Å². The van der Waals surface area contributed by atoms with E-state index in [1.807, 2.05) is 30.3 Å². The first kappa shape index (κ1) is 20.8. The van der Waals surface area contributed by atoms with Crippen molar-refractivity contribution < 1.29 is 19.3 Å². The molecule has 1 N–H and O–H groups in total. The molecule has 3 amide bonds. The average Bonchev–Trinajstić information content (AvgIpc) is 3.62. The molecule has 34 heavy (non-hydrogen) atoms. The summed E-state index contributed by atoms with van der Waals surface area (Å²) in [6.07, 6.45) is 5.44. The molecule has 0 spiro atoms. The number of nitrogens with one attached hydrogen (secondary N) is 1. The van der Waals surface area contributed by atoms with Gasteiger partial charge in [0, 0.05) is 24.2 Å². The summed E-state index contributed by atoms with van der Waals surface area (Å²) >= 11 is 0. The molecule has 0 unspecified atom stereocenters. The highest BCUT2D eigenvalue weighted by molar-refractivity contribution is 6.10. The smallest absolute Gasteiger partial charge is 0.271 e. The van der Waals surface area contributed by atoms with Crippen molar-refractivity contribution in [2.24, 2.45) is 35.5 Å². The molecule has 8 nitrogen and oxygen atoms in total. The van der Waals surface area contributed by atoms with E-state index < -0.39 is 28.7 Å². The number of nitrogens with zero attached hydrogens (tertiary/aromatic N) is 2. The van der Waals surface area contributed by atoms with Crippen LogP contribution in [-0.2, 0) is 20.8 Å². The van der Waals surface area contributed by atoms with E-state index in [4.69, 9.17) is 0 Å². The van der Waals surface area contributed by atoms with Gasteiger partial charge in [-0.2, -0.15) is 0 Å². The lowest BCUT2D eigenvalue weighted by molar-refractivity contribution is -0.384. The van der Waals surface area contributed by atoms with E-state index in [-0.39, 0.29) is 41.4 Å². The lowest BCUT2D eigenvalue weighted by atomic mass is 9.63. The summed E-state index contributed by atoms with van der Waals surface area (Å²) < 4.78 is 0. The number of amides is 3. The first-order valence-corrected chi connectivity index (χ1v) is 11.6. The molecule has 4 aliphatic carbocycles. The molecule has 2 aromatic carbocycles. The van der Waals surface area contributed by atoms with E-state index in [1.165, 1.54) is 23.1 Å². The molecule has 7 rings (SSSR count). The van der Waals surface area contributed by atoms with Gasteiger partial charge in [-0.25, -0.2) is 0 Å². The van der Waals surface area contributed by atoms with Gasteiger partial charge < -0.3 is 5.32 Å². The van der Waals surface area contributed by atoms with Crippen LogP contribution in [0.4, 0.5) is 11.4 Å². The van der Waals surface area contributed by atoms with Gasteiger partial charge in [0.1, 0.15) is 6.04 Å². The quantitative estimate of drug-likeness (QED) is 0.310. The van der Waals surface area contributed by atoms with Crippen LogP contribution in [0.15, 0.2) is 66.7 Å². The Kier molecular flexibility index (Phi) is 4.65. The highest BCUT2D eigenvalue weighted by Gasteiger charge is 2.67. The minimum Gasteiger partial charge on any atom is -0.324 e. The molecule has 1 heterocycles. The van der Waals surface area contributed by atoms with Crippen molar-refractivity contribution in [3.63, 3.8) is 0 Å². The molecule has 1 aliphatic heterocycles. The van der Waals surface area contributed by atoms with E-state index in [0.717, 1.165) is 12.0 Å². The Morgan fingerprint density at radius 2 is 1.65 bits per heavy atom. The van der Waals surface area contributed by atoms with Crippen LogP contribution in [0.25, 0.3) is 0 Å². The number of nitro benzene ring substituents is 1. The van der Waals surface area contributed by atoms with Crippen LogP contribution in [0.2, 0.25) is 0 Å². The van der Waals surface area contributed by atoms with Gasteiger partial charge in [0.05, 0.1) is 16.8 Å². The lowest BCUT2D eigenvalue weighted by Crippen LogP contribution is -2.49. The number of benzene rings is 2. The zero-order chi connectivity index (χ0) is 23.6. The van der Waals surface area contributed by atoms with Crippen molar-refractivity contribution >= 4 is 29.1 Å². The zero-order valence-electron chi connectivity index (χ0n) is 18.2. The topological polar surface area (TPSA) is 110 Å². The highest BCUT2D eigenvalue weighted by Crippen LogP contribution is 2.65. The van der Waals surface area contributed by atoms with Gasteiger partial charge >= 0.3 is 0 Å². The van der Waals surface area contributed by atoms with Crippen molar-refractivity contribution in [2.45, 2.75) is 18.9 Å². The predicted molar refractivity (Wildman–Crippen MR) is 122 cm³/mol. The fraction of sp³-hybridized carbons (Fsp3) is 0.346. The Morgan fingerprint density at radius 1 is 1.00 bits per heavy atom. The number of allylic oxidation sites excluding steroid dienone is 2. The van der Waals surface area contributed by atoms with Gasteiger partial charge in [-0.15, -0.1) is 0 Å². The number of likely N-dealkylation sites (tertiary alicyclic amines) is 1. The summed E-state index contributed by atoms with van der Waals surface area (Å²) in [5.74, 6) is -0.777. The Hall–Kier alpha value is -3.81. The molecule has 2 aromatic rings. The Bertz CT molecular complexity index is 1210. The number of nitro groups is 1. The van der Waals surface area contributed by atoms with Gasteiger partial charge in [-0.3, -0.25) is 29.4 Å². The van der Waals surface area contributed by atoms with E-state index >= 15 is 0 Å². The summed E-state index contributed by atoms with van der Waals surface area (Å²) in [6.45, 7) is 0. The summed E-state index contributed by atoms with van der Waals surface area (Å²) in [5.41, 5.74) is 0.913. The van der Waals surface area contributed by atoms with E-state index in [9.17, 15) is 24.5 Å². The van der Waals surface area contributed by atoms with Crippen LogP contribution >= 0.6 is 0 Å². The minimum absolute atomic E-state index is 0.0682. The number of hydrogen-bond donors (Lipinski definition) is 1. The molecule has 1 saturated heterocycles. The summed E-state index contributed by atoms with van der Waals surface area (Å²) in [6, 6.07) is 13.8. The SMILES string of the molecule is O=C(Nc1cccc([N+](=O)[O-])c1)[C@H](Cc1ccccc1)N1C(=O)[C@H]2[C@@H]3C=C[C@H]([C@H]4C[C@H]34)[C@@H]2C1=O. The van der Waals surface area contributed by atoms with Gasteiger partial charge in [-0.1, -0.05) is 48.6 Å². The van der Waals surface area contributed by atoms with Gasteiger partial charge in [0.2, 0.25) is 17.7 Å².